The summed E-state index contributed by atoms with van der Waals surface area (Å²) in [5.74, 6) is -0.521. The van der Waals surface area contributed by atoms with E-state index < -0.39 is 5.91 Å². The smallest absolute Gasteiger partial charge is 0.256 e. The third kappa shape index (κ3) is 2.70. The summed E-state index contributed by atoms with van der Waals surface area (Å²) in [6.45, 7) is 2.71. The number of piperidine rings is 1. The number of amides is 2. The monoisotopic (exact) mass is 329 g/mol. The molecule has 24 heavy (non-hydrogen) atoms. The normalized spacial score (nSPS) is 17.9. The number of aromatic nitrogens is 3. The van der Waals surface area contributed by atoms with Crippen LogP contribution in [0.5, 0.6) is 0 Å². The van der Waals surface area contributed by atoms with Gasteiger partial charge in [0, 0.05) is 25.5 Å². The van der Waals surface area contributed by atoms with Crippen LogP contribution in [-0.4, -0.2) is 38.0 Å². The minimum Gasteiger partial charge on any atom is -0.365 e. The number of hydrogen-bond acceptors (Lipinski definition) is 3. The van der Waals surface area contributed by atoms with Gasteiger partial charge in [-0.3, -0.25) is 14.7 Å². The van der Waals surface area contributed by atoms with E-state index in [0.717, 1.165) is 36.9 Å². The maximum absolute atomic E-state index is 13.1. The van der Waals surface area contributed by atoms with Gasteiger partial charge in [-0.2, -0.15) is 5.10 Å². The van der Waals surface area contributed by atoms with E-state index in [2.05, 4.69) is 10.2 Å². The predicted molar refractivity (Wildman–Crippen MR) is 89.5 cm³/mol. The van der Waals surface area contributed by atoms with Crippen LogP contribution in [0.15, 0.2) is 18.5 Å². The van der Waals surface area contributed by atoms with Crippen LogP contribution in [0.1, 0.15) is 64.3 Å². The van der Waals surface area contributed by atoms with Crippen LogP contribution in [-0.2, 0) is 13.5 Å². The molecule has 128 valence electrons. The summed E-state index contributed by atoms with van der Waals surface area (Å²) in [7, 11) is 1.95. The molecule has 0 aliphatic carbocycles. The van der Waals surface area contributed by atoms with Crippen LogP contribution in [0.3, 0.4) is 0 Å². The lowest BCUT2D eigenvalue weighted by Crippen LogP contribution is -2.39. The second-order valence-electron chi connectivity index (χ2n) is 6.21. The van der Waals surface area contributed by atoms with Gasteiger partial charge >= 0.3 is 0 Å². The minimum atomic E-state index is -0.523. The minimum absolute atomic E-state index is 0.00201. The highest BCUT2D eigenvalue weighted by Gasteiger charge is 2.33. The number of likely N-dealkylation sites (tertiary alicyclic amines) is 1. The van der Waals surface area contributed by atoms with Crippen molar-refractivity contribution in [1.29, 1.82) is 0 Å². The first-order chi connectivity index (χ1) is 11.5. The highest BCUT2D eigenvalue weighted by molar-refractivity contribution is 5.97. The zero-order chi connectivity index (χ0) is 17.3. The second kappa shape index (κ2) is 6.51. The van der Waals surface area contributed by atoms with Crippen molar-refractivity contribution in [2.24, 2.45) is 12.8 Å². The Labute approximate surface area is 140 Å². The lowest BCUT2D eigenvalue weighted by molar-refractivity contribution is 0.0601. The number of nitrogens with two attached hydrogens (primary N) is 1. The molecule has 2 aromatic heterocycles. The molecule has 1 fully saturated rings. The van der Waals surface area contributed by atoms with Gasteiger partial charge in [-0.05, 0) is 31.7 Å². The van der Waals surface area contributed by atoms with Crippen LogP contribution < -0.4 is 5.73 Å². The van der Waals surface area contributed by atoms with Gasteiger partial charge in [0.25, 0.3) is 11.8 Å². The summed E-state index contributed by atoms with van der Waals surface area (Å²) in [5, 5.41) is 6.83. The summed E-state index contributed by atoms with van der Waals surface area (Å²) in [6.07, 6.45) is 6.89. The van der Waals surface area contributed by atoms with Gasteiger partial charge in [-0.25, -0.2) is 0 Å². The van der Waals surface area contributed by atoms with E-state index in [-0.39, 0.29) is 11.9 Å². The molecule has 3 heterocycles. The van der Waals surface area contributed by atoms with Crippen molar-refractivity contribution in [2.75, 3.05) is 6.54 Å². The Morgan fingerprint density at radius 2 is 2.17 bits per heavy atom. The van der Waals surface area contributed by atoms with Crippen LogP contribution in [0, 0.1) is 0 Å². The molecule has 2 aromatic rings. The molecule has 1 saturated heterocycles. The largest absolute Gasteiger partial charge is 0.365 e. The Morgan fingerprint density at radius 3 is 2.88 bits per heavy atom. The third-order valence-electron chi connectivity index (χ3n) is 4.80. The van der Waals surface area contributed by atoms with Crippen molar-refractivity contribution in [2.45, 2.75) is 38.6 Å². The molecule has 1 unspecified atom stereocenters. The van der Waals surface area contributed by atoms with Gasteiger partial charge in [0.05, 0.1) is 29.1 Å². The Bertz CT molecular complexity index is 761. The summed E-state index contributed by atoms with van der Waals surface area (Å²) >= 11 is 0. The number of hydrogen-bond donors (Lipinski definition) is 2. The molecule has 2 amide bonds. The number of primary amides is 1. The lowest BCUT2D eigenvalue weighted by atomic mass is 9.96. The number of carbonyl (C=O) groups is 2. The summed E-state index contributed by atoms with van der Waals surface area (Å²) < 4.78 is 1.98. The standard InChI is InChI=1S/C17H23N5O2/c1-3-13-11(7-9-21(13)2)17(24)22-8-5-4-6-14(22)15-12(16(18)23)10-19-20-15/h7,9-10,14H,3-6,8H2,1-2H3,(H2,18,23)(H,19,20). The summed E-state index contributed by atoms with van der Waals surface area (Å²) in [5.41, 5.74) is 8.20. The number of aryl methyl sites for hydroxylation is 1. The molecule has 0 saturated carbocycles. The van der Waals surface area contributed by atoms with Gasteiger partial charge in [-0.15, -0.1) is 0 Å². The molecular formula is C17H23N5O2. The number of aromatic amines is 1. The maximum atomic E-state index is 13.1. The van der Waals surface area contributed by atoms with E-state index in [9.17, 15) is 9.59 Å². The molecule has 3 rings (SSSR count). The molecule has 0 bridgehead atoms. The van der Waals surface area contributed by atoms with Gasteiger partial charge in [-0.1, -0.05) is 6.92 Å². The Balaban J connectivity index is 1.96. The molecule has 1 aliphatic rings. The molecule has 0 spiro atoms. The fourth-order valence-corrected chi connectivity index (χ4v) is 3.57. The quantitative estimate of drug-likeness (QED) is 0.894. The van der Waals surface area contributed by atoms with E-state index in [1.54, 1.807) is 0 Å². The van der Waals surface area contributed by atoms with Gasteiger partial charge in [0.1, 0.15) is 0 Å². The van der Waals surface area contributed by atoms with Crippen LogP contribution >= 0.6 is 0 Å². The third-order valence-corrected chi connectivity index (χ3v) is 4.80. The number of carbonyl (C=O) groups excluding carboxylic acids is 2. The van der Waals surface area contributed by atoms with Gasteiger partial charge in [0.15, 0.2) is 0 Å². The number of nitrogens with zero attached hydrogens (tertiary/aromatic N) is 3. The number of H-pyrrole nitrogens is 1. The molecule has 3 N–H and O–H groups in total. The highest BCUT2D eigenvalue weighted by Crippen LogP contribution is 2.33. The van der Waals surface area contributed by atoms with E-state index in [0.29, 0.717) is 17.8 Å². The SMILES string of the molecule is CCc1c(C(=O)N2CCCCC2c2[nH]ncc2C(N)=O)ccn1C. The van der Waals surface area contributed by atoms with E-state index in [4.69, 9.17) is 5.73 Å². The average molecular weight is 329 g/mol. The van der Waals surface area contributed by atoms with Crippen molar-refractivity contribution in [3.63, 3.8) is 0 Å². The molecule has 1 atom stereocenters. The molecule has 1 aliphatic heterocycles. The van der Waals surface area contributed by atoms with E-state index >= 15 is 0 Å². The van der Waals surface area contributed by atoms with E-state index in [1.807, 2.05) is 35.7 Å². The second-order valence-corrected chi connectivity index (χ2v) is 6.21. The van der Waals surface area contributed by atoms with Gasteiger partial charge in [0.2, 0.25) is 0 Å². The highest BCUT2D eigenvalue weighted by atomic mass is 16.2. The Hall–Kier alpha value is -2.57. The summed E-state index contributed by atoms with van der Waals surface area (Å²) in [4.78, 5) is 26.6. The zero-order valence-electron chi connectivity index (χ0n) is 14.1. The first kappa shape index (κ1) is 16.3. The molecular weight excluding hydrogens is 306 g/mol. The van der Waals surface area contributed by atoms with Crippen LogP contribution in [0.25, 0.3) is 0 Å². The van der Waals surface area contributed by atoms with Crippen molar-refractivity contribution in [3.05, 3.63) is 41.0 Å². The van der Waals surface area contributed by atoms with Gasteiger partial charge < -0.3 is 15.2 Å². The van der Waals surface area contributed by atoms with Crippen LogP contribution in [0.2, 0.25) is 0 Å². The zero-order valence-corrected chi connectivity index (χ0v) is 14.1. The van der Waals surface area contributed by atoms with E-state index in [1.165, 1.54) is 6.20 Å². The average Bonchev–Trinajstić information content (AvgIpc) is 3.20. The first-order valence-electron chi connectivity index (χ1n) is 8.32. The molecule has 0 radical (unpaired) electrons. The number of rotatable bonds is 4. The fourth-order valence-electron chi connectivity index (χ4n) is 3.57. The predicted octanol–water partition coefficient (Wildman–Crippen LogP) is 1.78. The Kier molecular flexibility index (Phi) is 4.42. The fraction of sp³-hybridized carbons (Fsp3) is 0.471. The molecule has 7 nitrogen and oxygen atoms in total. The summed E-state index contributed by atoms with van der Waals surface area (Å²) in [6, 6.07) is 1.68. The topological polar surface area (TPSA) is 97.0 Å². The first-order valence-corrected chi connectivity index (χ1v) is 8.32. The van der Waals surface area contributed by atoms with Crippen molar-refractivity contribution in [1.82, 2.24) is 19.7 Å². The Morgan fingerprint density at radius 1 is 1.38 bits per heavy atom. The van der Waals surface area contributed by atoms with Crippen molar-refractivity contribution < 1.29 is 9.59 Å². The molecule has 7 heteroatoms. The van der Waals surface area contributed by atoms with Crippen molar-refractivity contribution in [3.8, 4) is 0 Å². The number of nitrogens with one attached hydrogen (secondary N) is 1. The molecule has 0 aromatic carbocycles. The van der Waals surface area contributed by atoms with Crippen LogP contribution in [0.4, 0.5) is 0 Å². The maximum Gasteiger partial charge on any atom is 0.256 e. The van der Waals surface area contributed by atoms with Crippen molar-refractivity contribution >= 4 is 11.8 Å². The lowest BCUT2D eigenvalue weighted by Gasteiger charge is -2.35.